The van der Waals surface area contributed by atoms with Gasteiger partial charge in [-0.2, -0.15) is 0 Å². The second kappa shape index (κ2) is 4.89. The Morgan fingerprint density at radius 1 is 1.50 bits per heavy atom. The highest BCUT2D eigenvalue weighted by Gasteiger charge is 2.15. The number of nitrogens with one attached hydrogen (secondary N) is 2. The van der Waals surface area contributed by atoms with Gasteiger partial charge in [0, 0.05) is 19.8 Å². The molecule has 2 N–H and O–H groups in total. The van der Waals surface area contributed by atoms with Gasteiger partial charge in [0.2, 0.25) is 0 Å². The summed E-state index contributed by atoms with van der Waals surface area (Å²) in [6.07, 6.45) is 6.79. The van der Waals surface area contributed by atoms with E-state index in [0.29, 0.717) is 11.4 Å². The molecule has 1 aliphatic rings. The number of rotatable bonds is 4. The maximum atomic E-state index is 7.68. The maximum Gasteiger partial charge on any atom is 0.173 e. The van der Waals surface area contributed by atoms with Crippen molar-refractivity contribution < 1.29 is 4.74 Å². The van der Waals surface area contributed by atoms with Crippen molar-refractivity contribution in [3.8, 4) is 0 Å². The molecule has 0 bridgehead atoms. The van der Waals surface area contributed by atoms with Gasteiger partial charge in [-0.3, -0.25) is 5.41 Å². The molecule has 1 aliphatic heterocycles. The highest BCUT2D eigenvalue weighted by Crippen LogP contribution is 2.18. The van der Waals surface area contributed by atoms with Gasteiger partial charge >= 0.3 is 0 Å². The number of aryl methyl sites for hydroxylation is 1. The molecule has 0 saturated carbocycles. The molecule has 6 nitrogen and oxygen atoms in total. The molecule has 1 saturated heterocycles. The third kappa shape index (κ3) is 2.15. The number of fused-ring (bicyclic) bond motifs is 1. The van der Waals surface area contributed by atoms with Crippen molar-refractivity contribution in [3.05, 3.63) is 18.1 Å². The van der Waals surface area contributed by atoms with Crippen LogP contribution in [-0.4, -0.2) is 32.7 Å². The largest absolute Gasteiger partial charge is 0.381 e. The second-order valence-electron chi connectivity index (χ2n) is 4.76. The second-order valence-corrected chi connectivity index (χ2v) is 4.76. The molecule has 3 rings (SSSR count). The van der Waals surface area contributed by atoms with E-state index in [1.54, 1.807) is 12.7 Å². The van der Waals surface area contributed by atoms with Crippen LogP contribution in [0.25, 0.3) is 11.2 Å². The molecule has 0 radical (unpaired) electrons. The Labute approximate surface area is 105 Å². The lowest BCUT2D eigenvalue weighted by molar-refractivity contribution is 0.183. The molecule has 0 amide bonds. The Kier molecular flexibility index (Phi) is 3.10. The smallest absolute Gasteiger partial charge is 0.173 e. The number of hydrogen-bond donors (Lipinski definition) is 2. The summed E-state index contributed by atoms with van der Waals surface area (Å²) in [5.74, 6) is 0.712. The lowest BCUT2D eigenvalue weighted by atomic mass is 10.0. The van der Waals surface area contributed by atoms with Crippen LogP contribution in [0.4, 0.5) is 0 Å². The first kappa shape index (κ1) is 11.4. The normalized spacial score (nSPS) is 19.7. The van der Waals surface area contributed by atoms with Crippen LogP contribution in [0.2, 0.25) is 0 Å². The number of imidazole rings is 1. The first-order valence-electron chi connectivity index (χ1n) is 6.35. The molecule has 6 heteroatoms. The third-order valence-corrected chi connectivity index (χ3v) is 3.49. The van der Waals surface area contributed by atoms with Gasteiger partial charge < -0.3 is 14.3 Å². The molecule has 3 heterocycles. The Morgan fingerprint density at radius 2 is 2.44 bits per heavy atom. The fourth-order valence-corrected chi connectivity index (χ4v) is 2.45. The number of H-pyrrole nitrogens is 1. The zero-order valence-corrected chi connectivity index (χ0v) is 10.2. The summed E-state index contributed by atoms with van der Waals surface area (Å²) >= 11 is 0. The van der Waals surface area contributed by atoms with Crippen LogP contribution in [0.15, 0.2) is 12.7 Å². The lowest BCUT2D eigenvalue weighted by Gasteiger charge is -2.09. The van der Waals surface area contributed by atoms with Crippen molar-refractivity contribution in [2.45, 2.75) is 25.8 Å². The SMILES string of the molecule is N=c1ncn(CCC[C@H]2CCOC2)c2nc[nH]c12. The molecule has 0 aliphatic carbocycles. The van der Waals surface area contributed by atoms with Crippen LogP contribution in [0.3, 0.4) is 0 Å². The van der Waals surface area contributed by atoms with Gasteiger partial charge in [0.1, 0.15) is 5.52 Å². The topological polar surface area (TPSA) is 79.6 Å². The Morgan fingerprint density at radius 3 is 3.28 bits per heavy atom. The van der Waals surface area contributed by atoms with Gasteiger partial charge in [0.15, 0.2) is 11.1 Å². The van der Waals surface area contributed by atoms with Crippen molar-refractivity contribution >= 4 is 11.2 Å². The van der Waals surface area contributed by atoms with Crippen molar-refractivity contribution in [1.29, 1.82) is 5.41 Å². The average molecular weight is 247 g/mol. The summed E-state index contributed by atoms with van der Waals surface area (Å²) in [6.45, 7) is 2.72. The summed E-state index contributed by atoms with van der Waals surface area (Å²) in [7, 11) is 0. The van der Waals surface area contributed by atoms with Crippen molar-refractivity contribution in [1.82, 2.24) is 19.5 Å². The van der Waals surface area contributed by atoms with Gasteiger partial charge in [0.05, 0.1) is 12.7 Å². The highest BCUT2D eigenvalue weighted by atomic mass is 16.5. The molecular formula is C12H17N5O. The molecule has 2 aromatic heterocycles. The summed E-state index contributed by atoms with van der Waals surface area (Å²) in [5, 5.41) is 7.68. The van der Waals surface area contributed by atoms with Gasteiger partial charge in [0.25, 0.3) is 0 Å². The fraction of sp³-hybridized carbons (Fsp3) is 0.583. The van der Waals surface area contributed by atoms with Crippen molar-refractivity contribution in [3.63, 3.8) is 0 Å². The fourth-order valence-electron chi connectivity index (χ4n) is 2.45. The van der Waals surface area contributed by atoms with Crippen LogP contribution in [0.1, 0.15) is 19.3 Å². The van der Waals surface area contributed by atoms with Crippen LogP contribution < -0.4 is 5.49 Å². The number of aromatic nitrogens is 4. The summed E-state index contributed by atoms with van der Waals surface area (Å²) in [4.78, 5) is 11.3. The van der Waals surface area contributed by atoms with E-state index >= 15 is 0 Å². The zero-order valence-electron chi connectivity index (χ0n) is 10.2. The molecule has 1 fully saturated rings. The molecule has 0 unspecified atom stereocenters. The van der Waals surface area contributed by atoms with Crippen molar-refractivity contribution in [2.75, 3.05) is 13.2 Å². The van der Waals surface area contributed by atoms with E-state index in [-0.39, 0.29) is 5.49 Å². The quantitative estimate of drug-likeness (QED) is 0.847. The predicted octanol–water partition coefficient (Wildman–Crippen LogP) is 1.06. The number of aromatic amines is 1. The molecule has 2 aromatic rings. The number of ether oxygens (including phenoxy) is 1. The molecular weight excluding hydrogens is 230 g/mol. The third-order valence-electron chi connectivity index (χ3n) is 3.49. The van der Waals surface area contributed by atoms with Gasteiger partial charge in [-0.1, -0.05) is 0 Å². The average Bonchev–Trinajstić information content (AvgIpc) is 3.02. The van der Waals surface area contributed by atoms with Crippen LogP contribution >= 0.6 is 0 Å². The van der Waals surface area contributed by atoms with Gasteiger partial charge in [-0.25, -0.2) is 9.97 Å². The monoisotopic (exact) mass is 247 g/mol. The van der Waals surface area contributed by atoms with Crippen molar-refractivity contribution in [2.24, 2.45) is 5.92 Å². The minimum Gasteiger partial charge on any atom is -0.381 e. The molecule has 0 aromatic carbocycles. The maximum absolute atomic E-state index is 7.68. The number of nitrogens with zero attached hydrogens (tertiary/aromatic N) is 3. The van der Waals surface area contributed by atoms with E-state index in [1.165, 1.54) is 12.8 Å². The Bertz CT molecular complexity index is 581. The van der Waals surface area contributed by atoms with Gasteiger partial charge in [-0.15, -0.1) is 0 Å². The van der Waals surface area contributed by atoms with E-state index in [0.717, 1.165) is 31.8 Å². The molecule has 1 atom stereocenters. The minimum atomic E-state index is 0.253. The summed E-state index contributed by atoms with van der Waals surface area (Å²) < 4.78 is 7.39. The van der Waals surface area contributed by atoms with E-state index < -0.39 is 0 Å². The summed E-state index contributed by atoms with van der Waals surface area (Å²) in [5.41, 5.74) is 1.78. The number of hydrogen-bond acceptors (Lipinski definition) is 4. The standard InChI is InChI=1S/C12H17N5O/c13-11-10-12(15-7-14-10)17(8-16-11)4-1-2-9-3-5-18-6-9/h7-9,13H,1-6H2,(H,14,15)/t9-/m0/s1. The first-order valence-corrected chi connectivity index (χ1v) is 6.35. The molecule has 0 spiro atoms. The van der Waals surface area contributed by atoms with Crippen LogP contribution in [-0.2, 0) is 11.3 Å². The van der Waals surface area contributed by atoms with Crippen LogP contribution in [0, 0.1) is 11.3 Å². The van der Waals surface area contributed by atoms with E-state index in [2.05, 4.69) is 15.0 Å². The molecule has 96 valence electrons. The van der Waals surface area contributed by atoms with E-state index in [4.69, 9.17) is 10.1 Å². The Hall–Kier alpha value is -1.69. The van der Waals surface area contributed by atoms with E-state index in [1.807, 2.05) is 4.57 Å². The molecule has 18 heavy (non-hydrogen) atoms. The zero-order chi connectivity index (χ0) is 12.4. The lowest BCUT2D eigenvalue weighted by Crippen LogP contribution is -2.13. The van der Waals surface area contributed by atoms with Gasteiger partial charge in [-0.05, 0) is 25.2 Å². The van der Waals surface area contributed by atoms with Crippen LogP contribution in [0.5, 0.6) is 0 Å². The van der Waals surface area contributed by atoms with E-state index in [9.17, 15) is 0 Å². The predicted molar refractivity (Wildman–Crippen MR) is 65.9 cm³/mol. The summed E-state index contributed by atoms with van der Waals surface area (Å²) in [6, 6.07) is 0. The minimum absolute atomic E-state index is 0.253. The first-order chi connectivity index (χ1) is 8.84. The highest BCUT2D eigenvalue weighted by molar-refractivity contribution is 5.68. The Balaban J connectivity index is 1.69.